The van der Waals surface area contributed by atoms with E-state index in [1.807, 2.05) is 13.8 Å². The van der Waals surface area contributed by atoms with Crippen LogP contribution in [0.25, 0.3) is 0 Å². The van der Waals surface area contributed by atoms with Gasteiger partial charge in [-0.05, 0) is 26.2 Å². The summed E-state index contributed by atoms with van der Waals surface area (Å²) < 4.78 is 36.4. The molecule has 17 heavy (non-hydrogen) atoms. The van der Waals surface area contributed by atoms with Crippen LogP contribution in [0.2, 0.25) is 0 Å². The lowest BCUT2D eigenvalue weighted by molar-refractivity contribution is 0.00377. The summed E-state index contributed by atoms with van der Waals surface area (Å²) in [5.74, 6) is 0.274. The molecule has 1 atom stereocenters. The van der Waals surface area contributed by atoms with Crippen LogP contribution in [-0.2, 0) is 14.9 Å². The van der Waals surface area contributed by atoms with E-state index in [9.17, 15) is 8.42 Å². The summed E-state index contributed by atoms with van der Waals surface area (Å²) >= 11 is 0. The van der Waals surface area contributed by atoms with Gasteiger partial charge in [-0.2, -0.15) is 8.42 Å². The minimum atomic E-state index is -3.94. The van der Waals surface area contributed by atoms with Crippen LogP contribution in [0.1, 0.15) is 52.4 Å². The Hall–Kier alpha value is -0.130. The molecule has 5 heteroatoms. The molecule has 102 valence electrons. The molecule has 0 radical (unpaired) electrons. The van der Waals surface area contributed by atoms with Gasteiger partial charge in [-0.15, -0.1) is 0 Å². The molecule has 0 saturated heterocycles. The molecular formula is C12H24O4S. The van der Waals surface area contributed by atoms with Crippen molar-refractivity contribution < 1.29 is 17.7 Å². The molecule has 0 amide bonds. The fraction of sp³-hybridized carbons (Fsp3) is 1.00. The number of hydrogen-bond donors (Lipinski definition) is 1. The first kappa shape index (κ1) is 14.9. The lowest BCUT2D eigenvalue weighted by Gasteiger charge is -2.27. The summed E-state index contributed by atoms with van der Waals surface area (Å²) in [4.78, 5) is 0. The third-order valence-corrected chi connectivity index (χ3v) is 3.98. The SMILES string of the molecule is CC(C)OC(CC1CCCCC1)CS(=O)(=O)O. The Balaban J connectivity index is 2.49. The van der Waals surface area contributed by atoms with Gasteiger partial charge in [0.25, 0.3) is 10.1 Å². The van der Waals surface area contributed by atoms with Crippen molar-refractivity contribution in [3.8, 4) is 0 Å². The van der Waals surface area contributed by atoms with Crippen LogP contribution in [0.4, 0.5) is 0 Å². The second-order valence-electron chi connectivity index (χ2n) is 5.30. The van der Waals surface area contributed by atoms with Crippen LogP contribution in [0.3, 0.4) is 0 Å². The van der Waals surface area contributed by atoms with Gasteiger partial charge in [0.1, 0.15) is 5.75 Å². The van der Waals surface area contributed by atoms with Crippen molar-refractivity contribution in [2.24, 2.45) is 5.92 Å². The van der Waals surface area contributed by atoms with Gasteiger partial charge < -0.3 is 4.74 Å². The monoisotopic (exact) mass is 264 g/mol. The van der Waals surface area contributed by atoms with E-state index in [1.54, 1.807) is 0 Å². The Kier molecular flexibility index (Phi) is 5.89. The van der Waals surface area contributed by atoms with Crippen molar-refractivity contribution in [2.45, 2.75) is 64.6 Å². The Bertz CT molecular complexity index is 304. The van der Waals surface area contributed by atoms with Crippen molar-refractivity contribution in [3.05, 3.63) is 0 Å². The Morgan fingerprint density at radius 1 is 1.24 bits per heavy atom. The highest BCUT2D eigenvalue weighted by molar-refractivity contribution is 7.85. The van der Waals surface area contributed by atoms with Crippen molar-refractivity contribution in [3.63, 3.8) is 0 Å². The molecule has 0 aromatic rings. The molecule has 0 spiro atoms. The lowest BCUT2D eigenvalue weighted by atomic mass is 9.85. The molecule has 4 nitrogen and oxygen atoms in total. The maximum atomic E-state index is 10.9. The number of ether oxygens (including phenoxy) is 1. The number of rotatable bonds is 6. The minimum absolute atomic E-state index is 0.00894. The Morgan fingerprint density at radius 2 is 1.82 bits per heavy atom. The Labute approximate surface area is 104 Å². The highest BCUT2D eigenvalue weighted by Crippen LogP contribution is 2.28. The molecule has 0 heterocycles. The van der Waals surface area contributed by atoms with E-state index < -0.39 is 10.1 Å². The summed E-state index contributed by atoms with van der Waals surface area (Å²) in [6.07, 6.45) is 6.42. The smallest absolute Gasteiger partial charge is 0.267 e. The summed E-state index contributed by atoms with van der Waals surface area (Å²) in [5, 5.41) is 0. The van der Waals surface area contributed by atoms with E-state index in [-0.39, 0.29) is 18.0 Å². The zero-order valence-electron chi connectivity index (χ0n) is 10.8. The van der Waals surface area contributed by atoms with Gasteiger partial charge in [0.05, 0.1) is 12.2 Å². The maximum absolute atomic E-state index is 10.9. The molecule has 1 rings (SSSR count). The van der Waals surface area contributed by atoms with Crippen LogP contribution >= 0.6 is 0 Å². The standard InChI is InChI=1S/C12H24O4S/c1-10(2)16-12(9-17(13,14)15)8-11-6-4-3-5-7-11/h10-12H,3-9H2,1-2H3,(H,13,14,15). The van der Waals surface area contributed by atoms with Crippen LogP contribution in [-0.4, -0.2) is 30.9 Å². The zero-order chi connectivity index (χ0) is 12.9. The largest absolute Gasteiger partial charge is 0.374 e. The zero-order valence-corrected chi connectivity index (χ0v) is 11.6. The first-order valence-corrected chi connectivity index (χ1v) is 8.08. The van der Waals surface area contributed by atoms with E-state index in [0.29, 0.717) is 5.92 Å². The minimum Gasteiger partial charge on any atom is -0.374 e. The number of hydrogen-bond acceptors (Lipinski definition) is 3. The summed E-state index contributed by atoms with van der Waals surface area (Å²) in [6, 6.07) is 0. The van der Waals surface area contributed by atoms with E-state index in [0.717, 1.165) is 19.3 Å². The molecule has 1 fully saturated rings. The van der Waals surface area contributed by atoms with Gasteiger partial charge in [-0.1, -0.05) is 32.1 Å². The van der Waals surface area contributed by atoms with Crippen LogP contribution in [0.5, 0.6) is 0 Å². The van der Waals surface area contributed by atoms with Gasteiger partial charge >= 0.3 is 0 Å². The van der Waals surface area contributed by atoms with Gasteiger partial charge in [0.15, 0.2) is 0 Å². The van der Waals surface area contributed by atoms with Gasteiger partial charge in [-0.3, -0.25) is 4.55 Å². The van der Waals surface area contributed by atoms with Crippen molar-refractivity contribution in [1.29, 1.82) is 0 Å². The summed E-state index contributed by atoms with van der Waals surface area (Å²) in [6.45, 7) is 3.77. The van der Waals surface area contributed by atoms with E-state index in [2.05, 4.69) is 0 Å². The lowest BCUT2D eigenvalue weighted by Crippen LogP contribution is -2.29. The molecule has 0 bridgehead atoms. The van der Waals surface area contributed by atoms with Gasteiger partial charge in [0, 0.05) is 0 Å². The predicted molar refractivity (Wildman–Crippen MR) is 67.6 cm³/mol. The topological polar surface area (TPSA) is 63.6 Å². The van der Waals surface area contributed by atoms with Crippen LogP contribution < -0.4 is 0 Å². The fourth-order valence-corrected chi connectivity index (χ4v) is 3.26. The van der Waals surface area contributed by atoms with Crippen molar-refractivity contribution >= 4 is 10.1 Å². The second-order valence-corrected chi connectivity index (χ2v) is 6.79. The molecule has 1 saturated carbocycles. The summed E-state index contributed by atoms with van der Waals surface area (Å²) in [5.41, 5.74) is 0. The molecule has 1 unspecified atom stereocenters. The van der Waals surface area contributed by atoms with E-state index in [1.165, 1.54) is 19.3 Å². The van der Waals surface area contributed by atoms with E-state index in [4.69, 9.17) is 9.29 Å². The molecule has 0 aliphatic heterocycles. The molecule has 0 aromatic carbocycles. The van der Waals surface area contributed by atoms with Crippen LogP contribution in [0.15, 0.2) is 0 Å². The highest BCUT2D eigenvalue weighted by atomic mass is 32.2. The fourth-order valence-electron chi connectivity index (χ4n) is 2.58. The third kappa shape index (κ3) is 7.01. The van der Waals surface area contributed by atoms with Crippen molar-refractivity contribution in [1.82, 2.24) is 0 Å². The molecular weight excluding hydrogens is 240 g/mol. The average Bonchev–Trinajstić information content (AvgIpc) is 2.15. The van der Waals surface area contributed by atoms with E-state index >= 15 is 0 Å². The Morgan fingerprint density at radius 3 is 2.29 bits per heavy atom. The normalized spacial score (nSPS) is 20.7. The highest BCUT2D eigenvalue weighted by Gasteiger charge is 2.24. The average molecular weight is 264 g/mol. The van der Waals surface area contributed by atoms with Crippen LogP contribution in [0, 0.1) is 5.92 Å². The third-order valence-electron chi connectivity index (χ3n) is 3.18. The predicted octanol–water partition coefficient (Wildman–Crippen LogP) is 2.64. The summed E-state index contributed by atoms with van der Waals surface area (Å²) in [7, 11) is -3.94. The molecule has 0 aromatic heterocycles. The molecule has 1 N–H and O–H groups in total. The second kappa shape index (κ2) is 6.71. The molecule has 1 aliphatic carbocycles. The maximum Gasteiger partial charge on any atom is 0.267 e. The van der Waals surface area contributed by atoms with Gasteiger partial charge in [-0.25, -0.2) is 0 Å². The van der Waals surface area contributed by atoms with Gasteiger partial charge in [0.2, 0.25) is 0 Å². The quantitative estimate of drug-likeness (QED) is 0.749. The first-order valence-electron chi connectivity index (χ1n) is 6.47. The van der Waals surface area contributed by atoms with Crippen molar-refractivity contribution in [2.75, 3.05) is 5.75 Å². The molecule has 1 aliphatic rings. The first-order chi connectivity index (χ1) is 7.87.